The lowest BCUT2D eigenvalue weighted by atomic mass is 10.0. The van der Waals surface area contributed by atoms with E-state index in [0.717, 1.165) is 30.6 Å². The second-order valence-electron chi connectivity index (χ2n) is 5.05. The molecule has 0 atom stereocenters. The second-order valence-corrected chi connectivity index (χ2v) is 5.42. The molecule has 6 heteroatoms. The average Bonchev–Trinajstić information content (AvgIpc) is 2.47. The van der Waals surface area contributed by atoms with Crippen molar-refractivity contribution >= 4 is 35.0 Å². The van der Waals surface area contributed by atoms with Crippen molar-refractivity contribution in [2.24, 2.45) is 0 Å². The molecule has 1 heterocycles. The summed E-state index contributed by atoms with van der Waals surface area (Å²) in [5, 5.41) is 10.5. The normalized spacial score (nSPS) is 11.0. The lowest BCUT2D eigenvalue weighted by Crippen LogP contribution is -2.27. The fourth-order valence-electron chi connectivity index (χ4n) is 2.51. The smallest absolute Gasteiger partial charge is 0.339 e. The topological polar surface area (TPSA) is 53.7 Å². The predicted octanol–water partition coefficient (Wildman–Crippen LogP) is 3.77. The first-order valence-electron chi connectivity index (χ1n) is 7.15. The quantitative estimate of drug-likeness (QED) is 0.838. The number of aromatic hydroxyl groups is 1. The molecule has 0 unspecified atom stereocenters. The van der Waals surface area contributed by atoms with Crippen molar-refractivity contribution in [3.05, 3.63) is 38.7 Å². The molecule has 4 nitrogen and oxygen atoms in total. The van der Waals surface area contributed by atoms with Crippen LogP contribution in [0.1, 0.15) is 25.0 Å². The number of hydrogen-bond donors (Lipinski definition) is 1. The average molecular weight is 346 g/mol. The molecule has 22 heavy (non-hydrogen) atoms. The zero-order chi connectivity index (χ0) is 15.6. The monoisotopic (exact) mass is 345 g/mol. The highest BCUT2D eigenvalue weighted by Gasteiger charge is 2.15. The molecule has 0 fully saturated rings. The lowest BCUT2D eigenvalue weighted by Gasteiger charge is -2.18. The number of halogens is 2. The zero-order valence-corrected chi connectivity index (χ0v) is 14.6. The van der Waals surface area contributed by atoms with Gasteiger partial charge in [0.2, 0.25) is 0 Å². The predicted molar refractivity (Wildman–Crippen MR) is 92.6 cm³/mol. The van der Waals surface area contributed by atoms with Crippen LogP contribution in [0, 0.1) is 6.92 Å². The fourth-order valence-corrected chi connectivity index (χ4v) is 2.71. The molecule has 1 aromatic heterocycles. The molecule has 0 aliphatic carbocycles. The van der Waals surface area contributed by atoms with E-state index < -0.39 is 0 Å². The van der Waals surface area contributed by atoms with E-state index >= 15 is 0 Å². The molecule has 2 rings (SSSR count). The Kier molecular flexibility index (Phi) is 6.72. The molecule has 0 aliphatic heterocycles. The molecule has 0 saturated carbocycles. The Balaban J connectivity index is 0.00000242. The van der Waals surface area contributed by atoms with E-state index in [0.29, 0.717) is 12.0 Å². The van der Waals surface area contributed by atoms with Crippen LogP contribution in [-0.2, 0) is 6.42 Å². The van der Waals surface area contributed by atoms with E-state index in [-0.39, 0.29) is 34.4 Å². The second kappa shape index (κ2) is 7.86. The molecular weight excluding hydrogens is 325 g/mol. The third-order valence-electron chi connectivity index (χ3n) is 3.95. The molecule has 2 aromatic rings. The van der Waals surface area contributed by atoms with Crippen molar-refractivity contribution in [2.75, 3.05) is 19.6 Å². The van der Waals surface area contributed by atoms with Crippen LogP contribution in [-0.4, -0.2) is 29.6 Å². The van der Waals surface area contributed by atoms with Gasteiger partial charge in [0.25, 0.3) is 0 Å². The van der Waals surface area contributed by atoms with Crippen molar-refractivity contribution < 1.29 is 9.52 Å². The van der Waals surface area contributed by atoms with Gasteiger partial charge in [0, 0.05) is 17.5 Å². The number of phenolic OH excluding ortho intramolecular Hbond substituents is 1. The minimum Gasteiger partial charge on any atom is -0.506 e. The summed E-state index contributed by atoms with van der Waals surface area (Å²) in [6.45, 7) is 8.81. The Morgan fingerprint density at radius 2 is 1.91 bits per heavy atom. The SMILES string of the molecule is CCN(CC)CCc1c(C)c2ccc(O)c(Cl)c2oc1=O.Cl. The molecule has 0 saturated heterocycles. The van der Waals surface area contributed by atoms with Crippen LogP contribution in [0.4, 0.5) is 0 Å². The molecule has 0 amide bonds. The van der Waals surface area contributed by atoms with Gasteiger partial charge < -0.3 is 14.4 Å². The number of aryl methyl sites for hydroxylation is 1. The Hall–Kier alpha value is -1.23. The lowest BCUT2D eigenvalue weighted by molar-refractivity contribution is 0.306. The van der Waals surface area contributed by atoms with Gasteiger partial charge >= 0.3 is 5.63 Å². The molecule has 0 radical (unpaired) electrons. The first-order chi connectivity index (χ1) is 9.99. The van der Waals surface area contributed by atoms with Gasteiger partial charge in [-0.15, -0.1) is 12.4 Å². The zero-order valence-electron chi connectivity index (χ0n) is 13.0. The van der Waals surface area contributed by atoms with Crippen molar-refractivity contribution in [1.82, 2.24) is 4.90 Å². The standard InChI is InChI=1S/C16H20ClNO3.ClH/c1-4-18(5-2)9-8-12-10(3)11-6-7-13(19)14(17)15(11)21-16(12)20;/h6-7,19H,4-5,8-9H2,1-3H3;1H. The van der Waals surface area contributed by atoms with Crippen molar-refractivity contribution in [3.63, 3.8) is 0 Å². The maximum absolute atomic E-state index is 12.2. The number of rotatable bonds is 5. The van der Waals surface area contributed by atoms with E-state index in [1.54, 1.807) is 6.07 Å². The number of nitrogens with zero attached hydrogens (tertiary/aromatic N) is 1. The van der Waals surface area contributed by atoms with Crippen molar-refractivity contribution in [3.8, 4) is 5.75 Å². The maximum Gasteiger partial charge on any atom is 0.339 e. The molecule has 0 bridgehead atoms. The summed E-state index contributed by atoms with van der Waals surface area (Å²) < 4.78 is 5.32. The molecular formula is C16H21Cl2NO3. The highest BCUT2D eigenvalue weighted by atomic mass is 35.5. The Labute approximate surface area is 141 Å². The van der Waals surface area contributed by atoms with Gasteiger partial charge in [-0.2, -0.15) is 0 Å². The van der Waals surface area contributed by atoms with Gasteiger partial charge in [-0.1, -0.05) is 25.4 Å². The van der Waals surface area contributed by atoms with Gasteiger partial charge in [-0.3, -0.25) is 0 Å². The summed E-state index contributed by atoms with van der Waals surface area (Å²) in [6.07, 6.45) is 0.643. The minimum atomic E-state index is -0.375. The van der Waals surface area contributed by atoms with E-state index in [1.807, 2.05) is 6.92 Å². The summed E-state index contributed by atoms with van der Waals surface area (Å²) >= 11 is 6.00. The largest absolute Gasteiger partial charge is 0.506 e. The third-order valence-corrected chi connectivity index (χ3v) is 4.31. The summed E-state index contributed by atoms with van der Waals surface area (Å²) in [5.74, 6) is -0.0809. The summed E-state index contributed by atoms with van der Waals surface area (Å²) in [5.41, 5.74) is 1.43. The van der Waals surface area contributed by atoms with E-state index in [1.165, 1.54) is 6.07 Å². The molecule has 0 spiro atoms. The number of fused-ring (bicyclic) bond motifs is 1. The van der Waals surface area contributed by atoms with E-state index in [9.17, 15) is 9.90 Å². The van der Waals surface area contributed by atoms with Crippen molar-refractivity contribution in [2.45, 2.75) is 27.2 Å². The number of likely N-dealkylation sites (N-methyl/N-ethyl adjacent to an activating group) is 1. The van der Waals surface area contributed by atoms with Gasteiger partial charge in [0.1, 0.15) is 10.8 Å². The summed E-state index contributed by atoms with van der Waals surface area (Å²) in [6, 6.07) is 3.25. The number of phenols is 1. The fraction of sp³-hybridized carbons (Fsp3) is 0.438. The van der Waals surface area contributed by atoms with Gasteiger partial charge in [0.15, 0.2) is 5.58 Å². The summed E-state index contributed by atoms with van der Waals surface area (Å²) in [4.78, 5) is 14.4. The molecule has 0 aliphatic rings. The van der Waals surface area contributed by atoms with Crippen LogP contribution in [0.15, 0.2) is 21.3 Å². The van der Waals surface area contributed by atoms with Crippen LogP contribution < -0.4 is 5.63 Å². The van der Waals surface area contributed by atoms with Crippen LogP contribution in [0.2, 0.25) is 5.02 Å². The van der Waals surface area contributed by atoms with Gasteiger partial charge in [-0.05, 0) is 44.1 Å². The van der Waals surface area contributed by atoms with E-state index in [2.05, 4.69) is 18.7 Å². The maximum atomic E-state index is 12.2. The number of benzene rings is 1. The highest BCUT2D eigenvalue weighted by Crippen LogP contribution is 2.33. The molecule has 1 aromatic carbocycles. The highest BCUT2D eigenvalue weighted by molar-refractivity contribution is 6.36. The first-order valence-corrected chi connectivity index (χ1v) is 7.53. The Morgan fingerprint density at radius 3 is 2.50 bits per heavy atom. The van der Waals surface area contributed by atoms with Gasteiger partial charge in [-0.25, -0.2) is 4.79 Å². The van der Waals surface area contributed by atoms with Crippen LogP contribution in [0.3, 0.4) is 0 Å². The van der Waals surface area contributed by atoms with Crippen LogP contribution in [0.5, 0.6) is 5.75 Å². The van der Waals surface area contributed by atoms with Crippen LogP contribution >= 0.6 is 24.0 Å². The Bertz CT molecular complexity index is 709. The Morgan fingerprint density at radius 1 is 1.27 bits per heavy atom. The van der Waals surface area contributed by atoms with Crippen LogP contribution in [0.25, 0.3) is 11.0 Å². The molecule has 1 N–H and O–H groups in total. The minimum absolute atomic E-state index is 0. The number of hydrogen-bond acceptors (Lipinski definition) is 4. The first kappa shape index (κ1) is 18.8. The molecule has 122 valence electrons. The van der Waals surface area contributed by atoms with Gasteiger partial charge in [0.05, 0.1) is 0 Å². The summed E-state index contributed by atoms with van der Waals surface area (Å²) in [7, 11) is 0. The third kappa shape index (κ3) is 3.57. The van der Waals surface area contributed by atoms with Crippen molar-refractivity contribution in [1.29, 1.82) is 0 Å². The van der Waals surface area contributed by atoms with E-state index in [4.69, 9.17) is 16.0 Å².